The summed E-state index contributed by atoms with van der Waals surface area (Å²) in [4.78, 5) is 15.4. The third-order valence-electron chi connectivity index (χ3n) is 6.98. The van der Waals surface area contributed by atoms with Gasteiger partial charge in [0.2, 0.25) is 0 Å². The van der Waals surface area contributed by atoms with Gasteiger partial charge in [-0.25, -0.2) is 4.39 Å². The summed E-state index contributed by atoms with van der Waals surface area (Å²) < 4.78 is 16.2. The molecule has 1 saturated carbocycles. The Morgan fingerprint density at radius 2 is 2.07 bits per heavy atom. The van der Waals surface area contributed by atoms with Crippen molar-refractivity contribution in [3.05, 3.63) is 35.0 Å². The first-order chi connectivity index (χ1) is 14.2. The highest BCUT2D eigenvalue weighted by molar-refractivity contribution is 6.36. The average Bonchev–Trinajstić information content (AvgIpc) is 3.28. The Morgan fingerprint density at radius 1 is 1.33 bits per heavy atom. The number of likely N-dealkylation sites (N-methyl/N-ethyl adjacent to an activating group) is 1. The zero-order chi connectivity index (χ0) is 21.5. The number of likely N-dealkylation sites (tertiary alicyclic amines) is 1. The molecule has 4 rings (SSSR count). The first kappa shape index (κ1) is 21.6. The highest BCUT2D eigenvalue weighted by Gasteiger charge is 2.39. The summed E-state index contributed by atoms with van der Waals surface area (Å²) in [7, 11) is 2.14. The van der Waals surface area contributed by atoms with Crippen molar-refractivity contribution < 1.29 is 14.3 Å². The minimum atomic E-state index is -1.23. The number of aliphatic hydroxyl groups is 1. The first-order valence-corrected chi connectivity index (χ1v) is 11.2. The largest absolute Gasteiger partial charge is 0.388 e. The molecule has 1 saturated heterocycles. The third kappa shape index (κ3) is 4.36. The van der Waals surface area contributed by atoms with Gasteiger partial charge >= 0.3 is 0 Å². The van der Waals surface area contributed by atoms with Gasteiger partial charge in [-0.2, -0.15) is 0 Å². The van der Waals surface area contributed by atoms with E-state index in [1.165, 1.54) is 6.42 Å². The van der Waals surface area contributed by atoms with Crippen LogP contribution in [0.4, 0.5) is 4.39 Å². The Morgan fingerprint density at radius 3 is 2.73 bits per heavy atom. The molecule has 1 aromatic carbocycles. The second-order valence-electron chi connectivity index (χ2n) is 9.43. The maximum absolute atomic E-state index is 14.1. The van der Waals surface area contributed by atoms with Crippen molar-refractivity contribution in [3.8, 4) is 0 Å². The van der Waals surface area contributed by atoms with Gasteiger partial charge in [0.1, 0.15) is 5.67 Å². The van der Waals surface area contributed by atoms with Crippen molar-refractivity contribution in [2.45, 2.75) is 69.3 Å². The van der Waals surface area contributed by atoms with Crippen LogP contribution in [0.15, 0.2) is 24.4 Å². The summed E-state index contributed by atoms with van der Waals surface area (Å²) in [5.74, 6) is -0.256. The first-order valence-electron chi connectivity index (χ1n) is 10.8. The number of carbonyl (C=O) groups is 1. The number of halogens is 2. The number of rotatable bonds is 5. The van der Waals surface area contributed by atoms with Crippen LogP contribution < -0.4 is 5.32 Å². The van der Waals surface area contributed by atoms with Crippen LogP contribution in [0.25, 0.3) is 10.9 Å². The number of alkyl halides is 1. The van der Waals surface area contributed by atoms with E-state index in [9.17, 15) is 14.3 Å². The predicted octanol–water partition coefficient (Wildman–Crippen LogP) is 4.15. The van der Waals surface area contributed by atoms with E-state index in [0.29, 0.717) is 42.3 Å². The minimum Gasteiger partial charge on any atom is -0.388 e. The van der Waals surface area contributed by atoms with E-state index in [1.54, 1.807) is 13.0 Å². The van der Waals surface area contributed by atoms with Crippen molar-refractivity contribution in [1.29, 1.82) is 0 Å². The molecule has 0 radical (unpaired) electrons. The molecular weight excluding hydrogens is 405 g/mol. The second kappa shape index (κ2) is 8.13. The van der Waals surface area contributed by atoms with E-state index in [-0.39, 0.29) is 12.5 Å². The van der Waals surface area contributed by atoms with E-state index in [2.05, 4.69) is 21.8 Å². The quantitative estimate of drug-likeness (QED) is 0.741. The van der Waals surface area contributed by atoms with E-state index in [4.69, 9.17) is 11.6 Å². The molecule has 1 aromatic heterocycles. The van der Waals surface area contributed by atoms with Gasteiger partial charge in [0.05, 0.1) is 21.7 Å². The molecule has 1 atom stereocenters. The molecule has 2 aromatic rings. The highest BCUT2D eigenvalue weighted by atomic mass is 35.5. The molecule has 1 amide bonds. The van der Waals surface area contributed by atoms with Gasteiger partial charge in [0.15, 0.2) is 0 Å². The lowest BCUT2D eigenvalue weighted by Crippen LogP contribution is -2.47. The highest BCUT2D eigenvalue weighted by Crippen LogP contribution is 2.37. The van der Waals surface area contributed by atoms with Gasteiger partial charge in [0.25, 0.3) is 5.91 Å². The van der Waals surface area contributed by atoms with E-state index in [1.807, 2.05) is 18.3 Å². The molecule has 0 unspecified atom stereocenters. The Kier molecular flexibility index (Phi) is 5.86. The number of benzene rings is 1. The van der Waals surface area contributed by atoms with Crippen molar-refractivity contribution in [2.24, 2.45) is 0 Å². The molecular formula is C23H31ClFN3O2. The van der Waals surface area contributed by atoms with Crippen LogP contribution in [0, 0.1) is 0 Å². The zero-order valence-electron chi connectivity index (χ0n) is 17.8. The van der Waals surface area contributed by atoms with Crippen LogP contribution >= 0.6 is 11.6 Å². The average molecular weight is 436 g/mol. The van der Waals surface area contributed by atoms with E-state index >= 15 is 0 Å². The van der Waals surface area contributed by atoms with Crippen molar-refractivity contribution in [3.63, 3.8) is 0 Å². The predicted molar refractivity (Wildman–Crippen MR) is 118 cm³/mol. The molecule has 7 heteroatoms. The summed E-state index contributed by atoms with van der Waals surface area (Å²) in [5, 5.41) is 14.9. The van der Waals surface area contributed by atoms with Crippen LogP contribution in [0.1, 0.15) is 55.8 Å². The number of hydrogen-bond acceptors (Lipinski definition) is 3. The van der Waals surface area contributed by atoms with Crippen molar-refractivity contribution in [1.82, 2.24) is 14.8 Å². The molecule has 2 aliphatic rings. The lowest BCUT2D eigenvalue weighted by Gasteiger charge is -2.37. The topological polar surface area (TPSA) is 57.5 Å². The van der Waals surface area contributed by atoms with Gasteiger partial charge in [-0.3, -0.25) is 4.79 Å². The Labute approximate surface area is 182 Å². The Hall–Kier alpha value is -1.63. The van der Waals surface area contributed by atoms with Gasteiger partial charge in [-0.1, -0.05) is 17.7 Å². The fourth-order valence-corrected chi connectivity index (χ4v) is 5.09. The SMILES string of the molecule is CN1CCC[C@H]1Cn1cc(C(=O)NCC2(O)CCC(C)(F)CC2)c2c(Cl)cccc21. The summed E-state index contributed by atoms with van der Waals surface area (Å²) in [6.07, 6.45) is 5.50. The number of fused-ring (bicyclic) bond motifs is 1. The van der Waals surface area contributed by atoms with E-state index in [0.717, 1.165) is 30.4 Å². The van der Waals surface area contributed by atoms with Crippen LogP contribution in [-0.2, 0) is 6.54 Å². The fourth-order valence-electron chi connectivity index (χ4n) is 4.82. The fraction of sp³-hybridized carbons (Fsp3) is 0.609. The molecule has 1 aliphatic heterocycles. The summed E-state index contributed by atoms with van der Waals surface area (Å²) in [6.45, 7) is 3.59. The van der Waals surface area contributed by atoms with Gasteiger partial charge < -0.3 is 19.9 Å². The number of amides is 1. The van der Waals surface area contributed by atoms with Gasteiger partial charge in [0, 0.05) is 30.7 Å². The molecule has 164 valence electrons. The Bertz CT molecular complexity index is 932. The molecule has 2 fully saturated rings. The smallest absolute Gasteiger partial charge is 0.253 e. The lowest BCUT2D eigenvalue weighted by atomic mass is 9.78. The molecule has 2 N–H and O–H groups in total. The van der Waals surface area contributed by atoms with E-state index < -0.39 is 11.3 Å². The Balaban J connectivity index is 1.54. The molecule has 0 bridgehead atoms. The maximum Gasteiger partial charge on any atom is 0.253 e. The minimum absolute atomic E-state index is 0.115. The monoisotopic (exact) mass is 435 g/mol. The maximum atomic E-state index is 14.1. The molecule has 5 nitrogen and oxygen atoms in total. The summed E-state index contributed by atoms with van der Waals surface area (Å²) in [6, 6.07) is 6.13. The number of hydrogen-bond donors (Lipinski definition) is 2. The third-order valence-corrected chi connectivity index (χ3v) is 7.30. The van der Waals surface area contributed by atoms with Gasteiger partial charge in [-0.15, -0.1) is 0 Å². The number of nitrogens with zero attached hydrogens (tertiary/aromatic N) is 2. The van der Waals surface area contributed by atoms with Crippen LogP contribution in [0.3, 0.4) is 0 Å². The lowest BCUT2D eigenvalue weighted by molar-refractivity contribution is -0.0374. The van der Waals surface area contributed by atoms with Gasteiger partial charge in [-0.05, 0) is 71.2 Å². The molecule has 2 heterocycles. The van der Waals surface area contributed by atoms with Crippen LogP contribution in [0.5, 0.6) is 0 Å². The number of nitrogens with one attached hydrogen (secondary N) is 1. The zero-order valence-corrected chi connectivity index (χ0v) is 18.5. The number of aromatic nitrogens is 1. The van der Waals surface area contributed by atoms with Crippen LogP contribution in [-0.4, -0.2) is 57.9 Å². The molecule has 1 aliphatic carbocycles. The van der Waals surface area contributed by atoms with Crippen molar-refractivity contribution in [2.75, 3.05) is 20.1 Å². The molecule has 0 spiro atoms. The molecule has 30 heavy (non-hydrogen) atoms. The van der Waals surface area contributed by atoms with Crippen LogP contribution in [0.2, 0.25) is 5.02 Å². The van der Waals surface area contributed by atoms with Crippen molar-refractivity contribution >= 4 is 28.4 Å². The summed E-state index contributed by atoms with van der Waals surface area (Å²) >= 11 is 6.48. The normalized spacial score (nSPS) is 30.1. The summed E-state index contributed by atoms with van der Waals surface area (Å²) in [5.41, 5.74) is -0.830. The second-order valence-corrected chi connectivity index (χ2v) is 9.83. The number of carbonyl (C=O) groups excluding carboxylic acids is 1. The standard InChI is InChI=1S/C23H31ClFN3O2/c1-22(25)8-10-23(30,11-9-22)15-26-21(29)17-14-28(13-16-5-4-12-27(16)2)19-7-3-6-18(24)20(17)19/h3,6-7,14,16,30H,4-5,8-13,15H2,1-2H3,(H,26,29)/t16-,22?,23?/m0/s1.